The second-order valence-electron chi connectivity index (χ2n) is 5.24. The van der Waals surface area contributed by atoms with Crippen molar-refractivity contribution in [3.63, 3.8) is 0 Å². The summed E-state index contributed by atoms with van der Waals surface area (Å²) in [7, 11) is 0. The van der Waals surface area contributed by atoms with E-state index in [0.717, 1.165) is 16.7 Å². The number of nitrogens with two attached hydrogens (primary N) is 1. The Hall–Kier alpha value is -2.66. The van der Waals surface area contributed by atoms with E-state index in [1.54, 1.807) is 13.0 Å². The first-order chi connectivity index (χ1) is 11.6. The van der Waals surface area contributed by atoms with E-state index in [9.17, 15) is 9.59 Å². The van der Waals surface area contributed by atoms with Gasteiger partial charge in [-0.25, -0.2) is 4.79 Å². The van der Waals surface area contributed by atoms with Crippen molar-refractivity contribution < 1.29 is 19.1 Å². The fraction of sp³-hybridized carbons (Fsp3) is 0.263. The third kappa shape index (κ3) is 4.93. The van der Waals surface area contributed by atoms with Gasteiger partial charge in [-0.05, 0) is 36.1 Å². The van der Waals surface area contributed by atoms with Crippen LogP contribution in [0.2, 0.25) is 0 Å². The maximum absolute atomic E-state index is 12.0. The standard InChI is InChI=1S/C19H21NO4/c1-2-23-19(22)17-6-4-3-5-16(17)11-14-7-9-15(10-8-14)13-24-18(21)12-20/h3-10H,2,11-13,20H2,1H3. The largest absolute Gasteiger partial charge is 0.462 e. The SMILES string of the molecule is CCOC(=O)c1ccccc1Cc1ccc(COC(=O)CN)cc1. The van der Waals surface area contributed by atoms with Gasteiger partial charge < -0.3 is 15.2 Å². The summed E-state index contributed by atoms with van der Waals surface area (Å²) in [5.41, 5.74) is 8.64. The number of ether oxygens (including phenoxy) is 2. The van der Waals surface area contributed by atoms with Crippen LogP contribution >= 0.6 is 0 Å². The Morgan fingerprint density at radius 2 is 1.62 bits per heavy atom. The van der Waals surface area contributed by atoms with E-state index < -0.39 is 5.97 Å². The minimum Gasteiger partial charge on any atom is -0.462 e. The molecule has 0 aliphatic heterocycles. The van der Waals surface area contributed by atoms with E-state index in [-0.39, 0.29) is 19.1 Å². The zero-order valence-corrected chi connectivity index (χ0v) is 13.7. The molecule has 0 spiro atoms. The van der Waals surface area contributed by atoms with Crippen LogP contribution in [0.25, 0.3) is 0 Å². The number of carbonyl (C=O) groups is 2. The Balaban J connectivity index is 2.06. The van der Waals surface area contributed by atoms with E-state index in [1.165, 1.54) is 0 Å². The van der Waals surface area contributed by atoms with Gasteiger partial charge in [-0.15, -0.1) is 0 Å². The first-order valence-electron chi connectivity index (χ1n) is 7.82. The number of hydrogen-bond acceptors (Lipinski definition) is 5. The van der Waals surface area contributed by atoms with Crippen molar-refractivity contribution in [2.75, 3.05) is 13.2 Å². The molecular weight excluding hydrogens is 306 g/mol. The van der Waals surface area contributed by atoms with Gasteiger partial charge in [0.2, 0.25) is 0 Å². The Morgan fingerprint density at radius 3 is 2.29 bits per heavy atom. The lowest BCUT2D eigenvalue weighted by Gasteiger charge is -2.09. The van der Waals surface area contributed by atoms with Crippen LogP contribution in [0, 0.1) is 0 Å². The summed E-state index contributed by atoms with van der Waals surface area (Å²) in [6, 6.07) is 15.1. The first-order valence-corrected chi connectivity index (χ1v) is 7.82. The normalized spacial score (nSPS) is 10.2. The predicted octanol–water partition coefficient (Wildman–Crippen LogP) is 2.46. The molecule has 0 saturated heterocycles. The van der Waals surface area contributed by atoms with Gasteiger partial charge in [0, 0.05) is 0 Å². The lowest BCUT2D eigenvalue weighted by molar-refractivity contribution is -0.143. The van der Waals surface area contributed by atoms with E-state index in [1.807, 2.05) is 42.5 Å². The van der Waals surface area contributed by atoms with Gasteiger partial charge in [0.25, 0.3) is 0 Å². The highest BCUT2D eigenvalue weighted by Crippen LogP contribution is 2.16. The molecule has 0 radical (unpaired) electrons. The van der Waals surface area contributed by atoms with Crippen molar-refractivity contribution in [1.82, 2.24) is 0 Å². The summed E-state index contributed by atoms with van der Waals surface area (Å²) in [6.45, 7) is 2.22. The number of esters is 2. The molecule has 0 saturated carbocycles. The zero-order valence-electron chi connectivity index (χ0n) is 13.7. The lowest BCUT2D eigenvalue weighted by Crippen LogP contribution is -2.16. The van der Waals surface area contributed by atoms with Crippen molar-refractivity contribution in [2.45, 2.75) is 20.0 Å². The third-order valence-electron chi connectivity index (χ3n) is 3.50. The van der Waals surface area contributed by atoms with Crippen molar-refractivity contribution in [2.24, 2.45) is 5.73 Å². The quantitative estimate of drug-likeness (QED) is 0.790. The number of benzene rings is 2. The fourth-order valence-corrected chi connectivity index (χ4v) is 2.28. The highest BCUT2D eigenvalue weighted by Gasteiger charge is 2.12. The highest BCUT2D eigenvalue weighted by atomic mass is 16.5. The van der Waals surface area contributed by atoms with Gasteiger partial charge in [-0.1, -0.05) is 42.5 Å². The summed E-state index contributed by atoms with van der Waals surface area (Å²) in [5, 5.41) is 0. The molecule has 5 nitrogen and oxygen atoms in total. The molecule has 5 heteroatoms. The Morgan fingerprint density at radius 1 is 0.958 bits per heavy atom. The van der Waals surface area contributed by atoms with Crippen molar-refractivity contribution in [1.29, 1.82) is 0 Å². The summed E-state index contributed by atoms with van der Waals surface area (Å²) in [5.74, 6) is -0.735. The van der Waals surface area contributed by atoms with Gasteiger partial charge in [-0.3, -0.25) is 4.79 Å². The predicted molar refractivity (Wildman–Crippen MR) is 90.5 cm³/mol. The molecule has 0 heterocycles. The van der Waals surface area contributed by atoms with Gasteiger partial charge in [-0.2, -0.15) is 0 Å². The van der Waals surface area contributed by atoms with Gasteiger partial charge in [0.05, 0.1) is 18.7 Å². The van der Waals surface area contributed by atoms with Crippen LogP contribution < -0.4 is 5.73 Å². The maximum Gasteiger partial charge on any atom is 0.338 e. The molecule has 126 valence electrons. The molecular formula is C19H21NO4. The second kappa shape index (κ2) is 8.84. The molecule has 0 atom stereocenters. The number of rotatable bonds is 7. The molecule has 0 aromatic heterocycles. The summed E-state index contributed by atoms with van der Waals surface area (Å²) in [6.07, 6.45) is 0.623. The molecule has 24 heavy (non-hydrogen) atoms. The average Bonchev–Trinajstić information content (AvgIpc) is 2.61. The van der Waals surface area contributed by atoms with Crippen LogP contribution in [0.5, 0.6) is 0 Å². The van der Waals surface area contributed by atoms with E-state index in [4.69, 9.17) is 15.2 Å². The molecule has 0 aliphatic carbocycles. The molecule has 0 fully saturated rings. The zero-order chi connectivity index (χ0) is 17.4. The highest BCUT2D eigenvalue weighted by molar-refractivity contribution is 5.91. The summed E-state index contributed by atoms with van der Waals surface area (Å²) < 4.78 is 10.1. The topological polar surface area (TPSA) is 78.6 Å². The summed E-state index contributed by atoms with van der Waals surface area (Å²) in [4.78, 5) is 23.1. The monoisotopic (exact) mass is 327 g/mol. The maximum atomic E-state index is 12.0. The van der Waals surface area contributed by atoms with Gasteiger partial charge in [0.1, 0.15) is 6.61 Å². The smallest absolute Gasteiger partial charge is 0.338 e. The van der Waals surface area contributed by atoms with Crippen molar-refractivity contribution >= 4 is 11.9 Å². The minimum atomic E-state index is -0.428. The first kappa shape index (κ1) is 17.7. The number of hydrogen-bond donors (Lipinski definition) is 1. The molecule has 2 rings (SSSR count). The molecule has 2 aromatic carbocycles. The van der Waals surface area contributed by atoms with E-state index in [2.05, 4.69) is 0 Å². The minimum absolute atomic E-state index is 0.122. The number of carbonyl (C=O) groups excluding carboxylic acids is 2. The van der Waals surface area contributed by atoms with Gasteiger partial charge >= 0.3 is 11.9 Å². The Labute approximate surface area is 141 Å². The Bertz CT molecular complexity index is 695. The van der Waals surface area contributed by atoms with Crippen LogP contribution in [0.4, 0.5) is 0 Å². The van der Waals surface area contributed by atoms with Gasteiger partial charge in [0.15, 0.2) is 0 Å². The lowest BCUT2D eigenvalue weighted by atomic mass is 9.99. The van der Waals surface area contributed by atoms with E-state index >= 15 is 0 Å². The fourth-order valence-electron chi connectivity index (χ4n) is 2.28. The third-order valence-corrected chi connectivity index (χ3v) is 3.50. The van der Waals surface area contributed by atoms with Crippen LogP contribution in [0.1, 0.15) is 34.0 Å². The molecule has 0 aliphatic rings. The van der Waals surface area contributed by atoms with Crippen molar-refractivity contribution in [3.8, 4) is 0 Å². The molecule has 2 N–H and O–H groups in total. The van der Waals surface area contributed by atoms with E-state index in [0.29, 0.717) is 18.6 Å². The molecule has 0 bridgehead atoms. The van der Waals surface area contributed by atoms with Crippen LogP contribution in [-0.4, -0.2) is 25.1 Å². The van der Waals surface area contributed by atoms with Crippen molar-refractivity contribution in [3.05, 3.63) is 70.8 Å². The van der Waals surface area contributed by atoms with Crippen LogP contribution in [0.3, 0.4) is 0 Å². The summed E-state index contributed by atoms with van der Waals surface area (Å²) >= 11 is 0. The van der Waals surface area contributed by atoms with Crippen LogP contribution in [0.15, 0.2) is 48.5 Å². The second-order valence-corrected chi connectivity index (χ2v) is 5.24. The van der Waals surface area contributed by atoms with Crippen LogP contribution in [-0.2, 0) is 27.3 Å². The average molecular weight is 327 g/mol. The molecule has 0 unspecified atom stereocenters. The molecule has 0 amide bonds. The molecule has 2 aromatic rings. The Kier molecular flexibility index (Phi) is 6.51.